The molecule has 21 nitrogen and oxygen atoms in total. The van der Waals surface area contributed by atoms with E-state index in [2.05, 4.69) is 33.0 Å². The predicted molar refractivity (Wildman–Crippen MR) is 356 cm³/mol. The number of rotatable bonds is 57. The van der Waals surface area contributed by atoms with Crippen LogP contribution >= 0.6 is 0 Å². The molecule has 0 bridgehead atoms. The van der Waals surface area contributed by atoms with Crippen molar-refractivity contribution in [3.05, 3.63) is 0 Å². The molecule has 0 aliphatic heterocycles. The fourth-order valence-corrected chi connectivity index (χ4v) is 11.2. The van der Waals surface area contributed by atoms with Crippen LogP contribution in [0.25, 0.3) is 0 Å². The lowest BCUT2D eigenvalue weighted by atomic mass is 9.98. The number of hydrogen-bond donors (Lipinski definition) is 4. The highest BCUT2D eigenvalue weighted by atomic mass is 16.5. The number of ether oxygens (including phenoxy) is 2. The predicted octanol–water partition coefficient (Wildman–Crippen LogP) is 8.77. The molecule has 21 heteroatoms. The number of primary amides is 1. The average Bonchev–Trinajstić information content (AvgIpc) is 1.62. The van der Waals surface area contributed by atoms with Gasteiger partial charge in [-0.2, -0.15) is 0 Å². The van der Waals surface area contributed by atoms with E-state index in [-0.39, 0.29) is 101 Å². The summed E-state index contributed by atoms with van der Waals surface area (Å²) in [6.45, 7) is 20.5. The molecule has 0 aromatic carbocycles. The normalized spacial score (nSPS) is 13.4. The molecule has 6 unspecified atom stereocenters. The fourth-order valence-electron chi connectivity index (χ4n) is 11.2. The van der Waals surface area contributed by atoms with Crippen molar-refractivity contribution in [1.82, 2.24) is 34.7 Å². The van der Waals surface area contributed by atoms with Gasteiger partial charge in [0.05, 0.1) is 90.0 Å². The van der Waals surface area contributed by atoms with Gasteiger partial charge in [0.1, 0.15) is 13.2 Å². The van der Waals surface area contributed by atoms with Gasteiger partial charge >= 0.3 is 11.9 Å². The van der Waals surface area contributed by atoms with Crippen LogP contribution in [0.3, 0.4) is 0 Å². The lowest BCUT2D eigenvalue weighted by Crippen LogP contribution is -2.54. The molecule has 0 fully saturated rings. The summed E-state index contributed by atoms with van der Waals surface area (Å²) in [6.07, 6.45) is 19.1. The molecule has 0 heterocycles. The van der Waals surface area contributed by atoms with Crippen LogP contribution in [0.4, 0.5) is 0 Å². The molecule has 90 heavy (non-hydrogen) atoms. The summed E-state index contributed by atoms with van der Waals surface area (Å²) >= 11 is 0. The molecule has 524 valence electrons. The van der Waals surface area contributed by atoms with Crippen molar-refractivity contribution in [3.63, 3.8) is 0 Å². The van der Waals surface area contributed by atoms with Crippen LogP contribution < -0.4 is 11.1 Å². The zero-order chi connectivity index (χ0) is 67.8. The van der Waals surface area contributed by atoms with E-state index in [9.17, 15) is 39.0 Å². The van der Waals surface area contributed by atoms with Crippen LogP contribution in [0.5, 0.6) is 0 Å². The second kappa shape index (κ2) is 52.6. The summed E-state index contributed by atoms with van der Waals surface area (Å²) in [7, 11) is 0. The summed E-state index contributed by atoms with van der Waals surface area (Å²) in [5, 5.41) is 22.5. The first-order valence-electron chi connectivity index (χ1n) is 35.4. The number of unbranched alkanes of at least 4 members (excludes halogenated alkanes) is 6. The Kier molecular flexibility index (Phi) is 49.7. The van der Waals surface area contributed by atoms with Crippen LogP contribution in [0.2, 0.25) is 0 Å². The maximum absolute atomic E-state index is 15.4. The highest BCUT2D eigenvalue weighted by Gasteiger charge is 2.33. The van der Waals surface area contributed by atoms with Gasteiger partial charge in [-0.25, -0.2) is 0 Å². The highest BCUT2D eigenvalue weighted by molar-refractivity contribution is 5.93. The summed E-state index contributed by atoms with van der Waals surface area (Å²) in [5.41, 5.74) is 5.73. The number of esters is 2. The van der Waals surface area contributed by atoms with Gasteiger partial charge in [0.2, 0.25) is 41.4 Å². The van der Waals surface area contributed by atoms with Crippen LogP contribution in [-0.2, 0) is 52.6 Å². The van der Waals surface area contributed by atoms with E-state index in [1.54, 1.807) is 0 Å². The summed E-state index contributed by atoms with van der Waals surface area (Å²) in [5.74, 6) is -5.38. The molecule has 7 amide bonds. The van der Waals surface area contributed by atoms with Gasteiger partial charge in [-0.1, -0.05) is 186 Å². The highest BCUT2D eigenvalue weighted by Crippen LogP contribution is 2.22. The molecule has 0 saturated carbocycles. The maximum Gasteiger partial charge on any atom is 0.308 e. The van der Waals surface area contributed by atoms with Crippen molar-refractivity contribution in [1.29, 1.82) is 0 Å². The fraction of sp³-hybridized carbons (Fsp3) is 0.870. The third kappa shape index (κ3) is 36.4. The van der Waals surface area contributed by atoms with Gasteiger partial charge in [-0.05, 0) is 75.0 Å². The number of carbonyl (C=O) groups is 9. The number of aliphatic hydroxyl groups is 2. The van der Waals surface area contributed by atoms with E-state index in [0.717, 1.165) is 116 Å². The van der Waals surface area contributed by atoms with Crippen LogP contribution in [0.1, 0.15) is 237 Å². The number of carbonyl (C=O) groups excluding carboxylic acids is 9. The Hall–Kier alpha value is -4.89. The number of amides is 7. The quantitative estimate of drug-likeness (QED) is 0.0415. The monoisotopic (exact) mass is 1280 g/mol. The molecular weight excluding hydrogens is 1150 g/mol. The van der Waals surface area contributed by atoms with E-state index >= 15 is 14.4 Å². The summed E-state index contributed by atoms with van der Waals surface area (Å²) < 4.78 is 11.6. The number of nitrogens with one attached hydrogen (secondary N) is 1. The lowest BCUT2D eigenvalue weighted by molar-refractivity contribution is -0.153. The Labute approximate surface area is 544 Å². The van der Waals surface area contributed by atoms with Crippen molar-refractivity contribution < 1.29 is 62.8 Å². The zero-order valence-electron chi connectivity index (χ0n) is 58.7. The molecule has 0 aliphatic carbocycles. The average molecular weight is 1280 g/mol. The van der Waals surface area contributed by atoms with Crippen molar-refractivity contribution in [2.75, 3.05) is 112 Å². The molecular formula is C69H130N8O13. The van der Waals surface area contributed by atoms with Crippen LogP contribution in [0.15, 0.2) is 0 Å². The van der Waals surface area contributed by atoms with Crippen molar-refractivity contribution in [2.24, 2.45) is 41.2 Å². The maximum atomic E-state index is 15.4. The molecule has 0 radical (unpaired) electrons. The molecule has 0 saturated heterocycles. The first-order valence-corrected chi connectivity index (χ1v) is 35.4. The Bertz CT molecular complexity index is 2000. The van der Waals surface area contributed by atoms with Gasteiger partial charge < -0.3 is 60.1 Å². The zero-order valence-corrected chi connectivity index (χ0v) is 58.7. The van der Waals surface area contributed by atoms with Gasteiger partial charge in [-0.15, -0.1) is 0 Å². The minimum absolute atomic E-state index is 0.0394. The Morgan fingerprint density at radius 2 is 0.633 bits per heavy atom. The number of nitrogens with two attached hydrogens (primary N) is 1. The molecule has 0 aromatic rings. The minimum Gasteiger partial charge on any atom is -0.464 e. The summed E-state index contributed by atoms with van der Waals surface area (Å²) in [6, 6.07) is -0.768. The van der Waals surface area contributed by atoms with Crippen LogP contribution in [-0.4, -0.2) is 210 Å². The number of hydrogen-bond acceptors (Lipinski definition) is 14. The van der Waals surface area contributed by atoms with Gasteiger partial charge in [-0.3, -0.25) is 43.2 Å². The molecule has 5 N–H and O–H groups in total. The van der Waals surface area contributed by atoms with E-state index in [1.807, 2.05) is 55.4 Å². The first kappa shape index (κ1) is 85.1. The Morgan fingerprint density at radius 1 is 0.367 bits per heavy atom. The SMILES string of the molecule is CCCCC(CC)CN(CC(N)=O)C(=O)CN(CCOC(=O)C(CC)CCCC)C(=O)CN(CC(CC)CCCC)C(=O)CN(CC(CC)CCCC)C(=O)CN(CCOC(=O)C(CC)CCCC)C(=O)CN(CC(CC)CCCC)C(=O)CNC(CO)CO. The van der Waals surface area contributed by atoms with Crippen LogP contribution in [0, 0.1) is 35.5 Å². The first-order chi connectivity index (χ1) is 43.2. The molecule has 0 rings (SSSR count). The molecule has 0 aliphatic rings. The standard InChI is InChI=1S/C69H130N8O13/c1-13-25-31-54(19-7)42-74(46-61(70)80)65(84)47-72(37-39-89-68(87)58(23-11)35-29-17-5)64(83)50-76(44-56(21-9)33-27-15-3)67(86)51-77(45-57(22-10)34-28-16-4)66(85)48-73(38-40-90-69(88)59(24-12)36-30-18-6)63(82)49-75(43-55(20-8)32-26-14-2)62(81)41-71-60(52-78)53-79/h54-60,71,78-79H,13-53H2,1-12H3,(H2,70,80). The third-order valence-electron chi connectivity index (χ3n) is 17.8. The lowest BCUT2D eigenvalue weighted by Gasteiger charge is -2.35. The molecule has 0 spiro atoms. The second-order valence-electron chi connectivity index (χ2n) is 25.1. The van der Waals surface area contributed by atoms with Crippen molar-refractivity contribution in [3.8, 4) is 0 Å². The van der Waals surface area contributed by atoms with Gasteiger partial charge in [0, 0.05) is 26.2 Å². The van der Waals surface area contributed by atoms with E-state index in [4.69, 9.17) is 15.2 Å². The van der Waals surface area contributed by atoms with Crippen molar-refractivity contribution >= 4 is 53.3 Å². The van der Waals surface area contributed by atoms with E-state index in [1.165, 1.54) is 29.4 Å². The summed E-state index contributed by atoms with van der Waals surface area (Å²) in [4.78, 5) is 137. The Balaban J connectivity index is 7.93. The Morgan fingerprint density at radius 3 is 0.900 bits per heavy atom. The van der Waals surface area contributed by atoms with E-state index < -0.39 is 105 Å². The smallest absolute Gasteiger partial charge is 0.308 e. The minimum atomic E-state index is -0.768. The topological polar surface area (TPSA) is 270 Å². The number of nitrogens with zero attached hydrogens (tertiary/aromatic N) is 6. The van der Waals surface area contributed by atoms with E-state index in [0.29, 0.717) is 38.5 Å². The number of aliphatic hydroxyl groups excluding tert-OH is 2. The molecule has 6 atom stereocenters. The largest absolute Gasteiger partial charge is 0.464 e. The molecule has 0 aromatic heterocycles. The van der Waals surface area contributed by atoms with Gasteiger partial charge in [0.25, 0.3) is 0 Å². The van der Waals surface area contributed by atoms with Gasteiger partial charge in [0.15, 0.2) is 0 Å². The van der Waals surface area contributed by atoms with Crippen molar-refractivity contribution in [2.45, 2.75) is 243 Å². The second-order valence-corrected chi connectivity index (χ2v) is 25.1. The third-order valence-corrected chi connectivity index (χ3v) is 17.8.